The number of hydrogen-bond acceptors (Lipinski definition) is 4. The van der Waals surface area contributed by atoms with Crippen LogP contribution in [0.2, 0.25) is 0 Å². The van der Waals surface area contributed by atoms with E-state index in [1.165, 1.54) is 4.68 Å². The fraction of sp³-hybridized carbons (Fsp3) is 0.333. The third-order valence-corrected chi connectivity index (χ3v) is 2.45. The lowest BCUT2D eigenvalue weighted by Gasteiger charge is -2.00. The lowest BCUT2D eigenvalue weighted by Crippen LogP contribution is -2.07. The van der Waals surface area contributed by atoms with E-state index in [1.54, 1.807) is 24.7 Å². The van der Waals surface area contributed by atoms with Crippen LogP contribution >= 0.6 is 0 Å². The number of ketones is 1. The number of nitrogens with zero attached hydrogens (tertiary/aromatic N) is 4. The predicted molar refractivity (Wildman–Crippen MR) is 63.1 cm³/mol. The number of aromatic nitrogens is 4. The van der Waals surface area contributed by atoms with Crippen molar-refractivity contribution >= 4 is 5.78 Å². The SMILES string of the molecule is Cc1nn(-c2ncccn2)cc1C(=O)C(C)C. The molecule has 5 heteroatoms. The van der Waals surface area contributed by atoms with E-state index in [0.29, 0.717) is 17.2 Å². The Balaban J connectivity index is 2.41. The van der Waals surface area contributed by atoms with Crippen LogP contribution < -0.4 is 0 Å². The maximum atomic E-state index is 11.9. The van der Waals surface area contributed by atoms with Crippen LogP contribution in [0.1, 0.15) is 29.9 Å². The molecule has 0 aromatic carbocycles. The number of rotatable bonds is 3. The normalized spacial score (nSPS) is 10.8. The van der Waals surface area contributed by atoms with Gasteiger partial charge in [-0.2, -0.15) is 5.10 Å². The van der Waals surface area contributed by atoms with Gasteiger partial charge in [-0.3, -0.25) is 4.79 Å². The largest absolute Gasteiger partial charge is 0.294 e. The molecule has 0 amide bonds. The van der Waals surface area contributed by atoms with E-state index in [2.05, 4.69) is 15.1 Å². The second-order valence-electron chi connectivity index (χ2n) is 4.14. The molecule has 0 atom stereocenters. The molecule has 0 spiro atoms. The minimum Gasteiger partial charge on any atom is -0.294 e. The van der Waals surface area contributed by atoms with Crippen molar-refractivity contribution in [1.29, 1.82) is 0 Å². The molecule has 0 aliphatic carbocycles. The number of aryl methyl sites for hydroxylation is 1. The van der Waals surface area contributed by atoms with Crippen LogP contribution in [0.5, 0.6) is 0 Å². The molecule has 0 unspecified atom stereocenters. The van der Waals surface area contributed by atoms with Gasteiger partial charge in [0.2, 0.25) is 5.95 Å². The molecular formula is C12H14N4O. The van der Waals surface area contributed by atoms with Crippen LogP contribution in [-0.4, -0.2) is 25.5 Å². The molecule has 2 aromatic heterocycles. The quantitative estimate of drug-likeness (QED) is 0.754. The average molecular weight is 230 g/mol. The third kappa shape index (κ3) is 2.22. The topological polar surface area (TPSA) is 60.7 Å². The smallest absolute Gasteiger partial charge is 0.250 e. The van der Waals surface area contributed by atoms with Crippen molar-refractivity contribution in [1.82, 2.24) is 19.7 Å². The van der Waals surface area contributed by atoms with Gasteiger partial charge < -0.3 is 0 Å². The van der Waals surface area contributed by atoms with Gasteiger partial charge in [0.25, 0.3) is 0 Å². The van der Waals surface area contributed by atoms with Crippen LogP contribution in [0.15, 0.2) is 24.7 Å². The molecule has 2 rings (SSSR count). The number of carbonyl (C=O) groups is 1. The highest BCUT2D eigenvalue weighted by molar-refractivity contribution is 5.98. The molecule has 0 saturated carbocycles. The summed E-state index contributed by atoms with van der Waals surface area (Å²) >= 11 is 0. The Bertz CT molecular complexity index is 531. The van der Waals surface area contributed by atoms with Crippen LogP contribution in [-0.2, 0) is 0 Å². The van der Waals surface area contributed by atoms with Gasteiger partial charge in [0.05, 0.1) is 11.3 Å². The maximum absolute atomic E-state index is 11.9. The summed E-state index contributed by atoms with van der Waals surface area (Å²) in [5.74, 6) is 0.520. The van der Waals surface area contributed by atoms with Crippen LogP contribution in [0, 0.1) is 12.8 Å². The Labute approximate surface area is 99.5 Å². The minimum atomic E-state index is -0.0389. The fourth-order valence-corrected chi connectivity index (χ4v) is 1.52. The van der Waals surface area contributed by atoms with Crippen molar-refractivity contribution in [2.75, 3.05) is 0 Å². The molecule has 0 aliphatic rings. The molecule has 0 fully saturated rings. The lowest BCUT2D eigenvalue weighted by atomic mass is 10.0. The molecule has 5 nitrogen and oxygen atoms in total. The zero-order chi connectivity index (χ0) is 12.4. The van der Waals surface area contributed by atoms with E-state index in [-0.39, 0.29) is 11.7 Å². The molecular weight excluding hydrogens is 216 g/mol. The third-order valence-electron chi connectivity index (χ3n) is 2.45. The second kappa shape index (κ2) is 4.45. The van der Waals surface area contributed by atoms with Gasteiger partial charge in [-0.15, -0.1) is 0 Å². The molecule has 0 aliphatic heterocycles. The second-order valence-corrected chi connectivity index (χ2v) is 4.14. The molecule has 2 heterocycles. The molecule has 88 valence electrons. The monoisotopic (exact) mass is 230 g/mol. The van der Waals surface area contributed by atoms with Gasteiger partial charge in [-0.05, 0) is 13.0 Å². The first-order chi connectivity index (χ1) is 8.09. The number of hydrogen-bond donors (Lipinski definition) is 0. The van der Waals surface area contributed by atoms with E-state index < -0.39 is 0 Å². The molecule has 0 radical (unpaired) electrons. The fourth-order valence-electron chi connectivity index (χ4n) is 1.52. The summed E-state index contributed by atoms with van der Waals surface area (Å²) in [7, 11) is 0. The van der Waals surface area contributed by atoms with Crippen molar-refractivity contribution in [3.63, 3.8) is 0 Å². The molecule has 0 bridgehead atoms. The van der Waals surface area contributed by atoms with E-state index in [4.69, 9.17) is 0 Å². The van der Waals surface area contributed by atoms with Crippen molar-refractivity contribution < 1.29 is 4.79 Å². The summed E-state index contributed by atoms with van der Waals surface area (Å²) in [5.41, 5.74) is 1.34. The summed E-state index contributed by atoms with van der Waals surface area (Å²) in [6.07, 6.45) is 4.97. The van der Waals surface area contributed by atoms with Gasteiger partial charge in [0.15, 0.2) is 5.78 Å². The minimum absolute atomic E-state index is 0.0389. The van der Waals surface area contributed by atoms with Crippen LogP contribution in [0.25, 0.3) is 5.95 Å². The average Bonchev–Trinajstić information content (AvgIpc) is 2.71. The summed E-state index contributed by atoms with van der Waals surface area (Å²) in [4.78, 5) is 20.1. The lowest BCUT2D eigenvalue weighted by molar-refractivity contribution is 0.0939. The zero-order valence-corrected chi connectivity index (χ0v) is 10.1. The Morgan fingerprint density at radius 3 is 2.53 bits per heavy atom. The molecule has 0 saturated heterocycles. The van der Waals surface area contributed by atoms with Crippen molar-refractivity contribution in [2.45, 2.75) is 20.8 Å². The van der Waals surface area contributed by atoms with Crippen molar-refractivity contribution in [2.24, 2.45) is 5.92 Å². The van der Waals surface area contributed by atoms with Crippen molar-refractivity contribution in [3.05, 3.63) is 35.9 Å². The maximum Gasteiger partial charge on any atom is 0.250 e. The first-order valence-corrected chi connectivity index (χ1v) is 5.47. The van der Waals surface area contributed by atoms with E-state index in [9.17, 15) is 4.79 Å². The molecule has 0 N–H and O–H groups in total. The highest BCUT2D eigenvalue weighted by Gasteiger charge is 2.17. The van der Waals surface area contributed by atoms with Crippen molar-refractivity contribution in [3.8, 4) is 5.95 Å². The Kier molecular flexibility index (Phi) is 2.99. The van der Waals surface area contributed by atoms with Crippen LogP contribution in [0.3, 0.4) is 0 Å². The Morgan fingerprint density at radius 1 is 1.29 bits per heavy atom. The predicted octanol–water partition coefficient (Wildman–Crippen LogP) is 1.81. The highest BCUT2D eigenvalue weighted by Crippen LogP contribution is 2.13. The first kappa shape index (κ1) is 11.4. The Hall–Kier alpha value is -2.04. The van der Waals surface area contributed by atoms with E-state index in [1.807, 2.05) is 20.8 Å². The number of Topliss-reactive ketones (excluding diaryl/α,β-unsaturated/α-hetero) is 1. The van der Waals surface area contributed by atoms with Gasteiger partial charge >= 0.3 is 0 Å². The first-order valence-electron chi connectivity index (χ1n) is 5.47. The summed E-state index contributed by atoms with van der Waals surface area (Å²) in [6, 6.07) is 1.74. The van der Waals surface area contributed by atoms with Gasteiger partial charge in [-0.25, -0.2) is 14.6 Å². The van der Waals surface area contributed by atoms with Gasteiger partial charge in [-0.1, -0.05) is 13.8 Å². The summed E-state index contributed by atoms with van der Waals surface area (Å²) in [6.45, 7) is 5.56. The summed E-state index contributed by atoms with van der Waals surface area (Å²) in [5, 5.41) is 4.26. The molecule has 2 aromatic rings. The molecule has 17 heavy (non-hydrogen) atoms. The summed E-state index contributed by atoms with van der Waals surface area (Å²) < 4.78 is 1.53. The Morgan fingerprint density at radius 2 is 1.94 bits per heavy atom. The van der Waals surface area contributed by atoms with Gasteiger partial charge in [0.1, 0.15) is 0 Å². The standard InChI is InChI=1S/C12H14N4O/c1-8(2)11(17)10-7-16(15-9(10)3)12-13-5-4-6-14-12/h4-8H,1-3H3. The van der Waals surface area contributed by atoms with Crippen LogP contribution in [0.4, 0.5) is 0 Å². The highest BCUT2D eigenvalue weighted by atomic mass is 16.1. The van der Waals surface area contributed by atoms with E-state index >= 15 is 0 Å². The van der Waals surface area contributed by atoms with Gasteiger partial charge in [0, 0.05) is 24.5 Å². The number of carbonyl (C=O) groups excluding carboxylic acids is 1. The van der Waals surface area contributed by atoms with E-state index in [0.717, 1.165) is 0 Å². The zero-order valence-electron chi connectivity index (χ0n) is 10.1.